The molecular weight excluding hydrogens is 247 g/mol. The van der Waals surface area contributed by atoms with E-state index in [2.05, 4.69) is 0 Å². The average Bonchev–Trinajstić information content (AvgIpc) is 2.04. The van der Waals surface area contributed by atoms with Gasteiger partial charge in [-0.05, 0) is 11.8 Å². The number of hydrogen-bond acceptors (Lipinski definition) is 0. The van der Waals surface area contributed by atoms with Gasteiger partial charge in [-0.25, -0.2) is 0 Å². The minimum atomic E-state index is -3.99. The van der Waals surface area contributed by atoms with E-state index in [0.717, 1.165) is 6.42 Å². The van der Waals surface area contributed by atoms with Crippen LogP contribution in [0.3, 0.4) is 0 Å². The van der Waals surface area contributed by atoms with Crippen LogP contribution < -0.4 is 0 Å². The first-order valence-electron chi connectivity index (χ1n) is 4.10. The van der Waals surface area contributed by atoms with Crippen LogP contribution in [0.1, 0.15) is 40.0 Å². The molecule has 0 nitrogen and oxygen atoms in total. The minimum absolute atomic E-state index is 0. The van der Waals surface area contributed by atoms with E-state index in [0.29, 0.717) is 0 Å². The van der Waals surface area contributed by atoms with Crippen molar-refractivity contribution in [2.24, 2.45) is 5.41 Å². The molecular formula is C10H20F4V. The summed E-state index contributed by atoms with van der Waals surface area (Å²) in [5, 5.41) is 0. The van der Waals surface area contributed by atoms with Crippen molar-refractivity contribution < 1.29 is 36.1 Å². The molecule has 0 aliphatic heterocycles. The van der Waals surface area contributed by atoms with Gasteiger partial charge in [0.15, 0.2) is 0 Å². The van der Waals surface area contributed by atoms with Crippen molar-refractivity contribution >= 4 is 0 Å². The van der Waals surface area contributed by atoms with Gasteiger partial charge in [0.2, 0.25) is 0 Å². The first-order chi connectivity index (χ1) is 5.77. The summed E-state index contributed by atoms with van der Waals surface area (Å²) in [4.78, 5) is 0. The molecule has 0 aromatic carbocycles. The summed E-state index contributed by atoms with van der Waals surface area (Å²) in [7, 11) is 1.75. The Morgan fingerprint density at radius 1 is 1.00 bits per heavy atom. The molecule has 0 saturated heterocycles. The topological polar surface area (TPSA) is 0 Å². The van der Waals surface area contributed by atoms with Crippen LogP contribution in [0.5, 0.6) is 0 Å². The Morgan fingerprint density at radius 2 is 1.33 bits per heavy atom. The van der Waals surface area contributed by atoms with Crippen LogP contribution in [0.4, 0.5) is 17.6 Å². The maximum absolute atomic E-state index is 11.7. The normalized spacial score (nSPS) is 10.4. The maximum Gasteiger partial charge on any atom is 2.00 e. The van der Waals surface area contributed by atoms with Crippen molar-refractivity contribution in [2.45, 2.75) is 46.2 Å². The Hall–Kier alpha value is 0.304. The molecule has 0 fully saturated rings. The van der Waals surface area contributed by atoms with E-state index in [1.165, 1.54) is 0 Å². The van der Waals surface area contributed by atoms with Gasteiger partial charge >= 0.3 is 24.7 Å². The predicted molar refractivity (Wildman–Crippen MR) is 52.2 cm³/mol. The summed E-state index contributed by atoms with van der Waals surface area (Å²) in [6.07, 6.45) is -3.63. The SMILES string of the molecule is CCC(C)(C)CCC(F)(F)F.[CH2-]F.[CH3-].[V+2]. The Morgan fingerprint density at radius 3 is 1.53 bits per heavy atom. The second-order valence-electron chi connectivity index (χ2n) is 3.63. The number of hydrogen-bond donors (Lipinski definition) is 0. The third kappa shape index (κ3) is 20.4. The second kappa shape index (κ2) is 10.8. The van der Waals surface area contributed by atoms with Crippen LogP contribution in [-0.2, 0) is 18.6 Å². The van der Waals surface area contributed by atoms with Gasteiger partial charge in [-0.3, -0.25) is 0 Å². The molecule has 0 unspecified atom stereocenters. The average molecular weight is 267 g/mol. The van der Waals surface area contributed by atoms with Crippen LogP contribution in [0.2, 0.25) is 0 Å². The molecule has 0 aromatic rings. The molecule has 0 spiro atoms. The van der Waals surface area contributed by atoms with E-state index >= 15 is 0 Å². The van der Waals surface area contributed by atoms with Crippen molar-refractivity contribution in [3.8, 4) is 0 Å². The van der Waals surface area contributed by atoms with E-state index in [9.17, 15) is 17.6 Å². The van der Waals surface area contributed by atoms with Gasteiger partial charge in [-0.15, -0.1) is 0 Å². The first-order valence-corrected chi connectivity index (χ1v) is 4.10. The Balaban J connectivity index is -0.000000142. The summed E-state index contributed by atoms with van der Waals surface area (Å²) < 4.78 is 44.4. The van der Waals surface area contributed by atoms with Crippen molar-refractivity contribution in [3.63, 3.8) is 0 Å². The molecule has 0 aliphatic rings. The predicted octanol–water partition coefficient (Wildman–Crippen LogP) is 4.96. The van der Waals surface area contributed by atoms with Gasteiger partial charge in [0.25, 0.3) is 0 Å². The Bertz CT molecular complexity index is 121. The standard InChI is InChI=1S/C8H15F3.CH2F.CH3.V/c1-4-7(2,3)5-6-8(9,10)11;1-2;;/h4-6H2,1-3H3;1H2;1H3;/q;2*-1;+2. The molecule has 0 atom stereocenters. The number of halogens is 4. The fourth-order valence-electron chi connectivity index (χ4n) is 0.657. The third-order valence-electron chi connectivity index (χ3n) is 2.04. The van der Waals surface area contributed by atoms with E-state index in [-0.39, 0.29) is 37.8 Å². The van der Waals surface area contributed by atoms with Gasteiger partial charge < -0.3 is 11.8 Å². The zero-order valence-corrected chi connectivity index (χ0v) is 11.2. The van der Waals surface area contributed by atoms with Gasteiger partial charge in [0.1, 0.15) is 0 Å². The molecule has 5 heteroatoms. The van der Waals surface area contributed by atoms with Crippen molar-refractivity contribution in [1.82, 2.24) is 0 Å². The van der Waals surface area contributed by atoms with E-state index in [1.54, 1.807) is 7.18 Å². The Labute approximate surface area is 103 Å². The third-order valence-corrected chi connectivity index (χ3v) is 2.04. The molecule has 0 aliphatic carbocycles. The zero-order valence-electron chi connectivity index (χ0n) is 9.79. The van der Waals surface area contributed by atoms with Crippen LogP contribution in [0.25, 0.3) is 0 Å². The van der Waals surface area contributed by atoms with E-state index in [1.807, 2.05) is 20.8 Å². The van der Waals surface area contributed by atoms with E-state index < -0.39 is 12.6 Å². The molecule has 0 saturated carbocycles. The fraction of sp³-hybridized carbons (Fsp3) is 0.800. The van der Waals surface area contributed by atoms with Crippen LogP contribution in [-0.4, -0.2) is 6.18 Å². The molecule has 1 radical (unpaired) electrons. The summed E-state index contributed by atoms with van der Waals surface area (Å²) in [6.45, 7) is 5.63. The van der Waals surface area contributed by atoms with Crippen molar-refractivity contribution in [3.05, 3.63) is 14.6 Å². The zero-order chi connectivity index (χ0) is 11.1. The van der Waals surface area contributed by atoms with Crippen LogP contribution >= 0.6 is 0 Å². The summed E-state index contributed by atoms with van der Waals surface area (Å²) in [5.74, 6) is 0. The molecule has 0 aromatic heterocycles. The Kier molecular flexibility index (Phi) is 17.7. The summed E-state index contributed by atoms with van der Waals surface area (Å²) in [5.41, 5.74) is -0.171. The molecule has 0 rings (SSSR count). The summed E-state index contributed by atoms with van der Waals surface area (Å²) in [6, 6.07) is 0. The monoisotopic (exact) mass is 267 g/mol. The molecule has 0 bridgehead atoms. The van der Waals surface area contributed by atoms with Gasteiger partial charge in [-0.1, -0.05) is 27.2 Å². The van der Waals surface area contributed by atoms with Crippen molar-refractivity contribution in [2.75, 3.05) is 0 Å². The van der Waals surface area contributed by atoms with Crippen molar-refractivity contribution in [1.29, 1.82) is 0 Å². The van der Waals surface area contributed by atoms with Gasteiger partial charge in [0.05, 0.1) is 0 Å². The molecule has 0 heterocycles. The van der Waals surface area contributed by atoms with Gasteiger partial charge in [0, 0.05) is 6.42 Å². The molecule has 93 valence electrons. The smallest absolute Gasteiger partial charge is 0.463 e. The molecule has 0 amide bonds. The van der Waals surface area contributed by atoms with Crippen LogP contribution in [0.15, 0.2) is 0 Å². The van der Waals surface area contributed by atoms with E-state index in [4.69, 9.17) is 0 Å². The first kappa shape index (κ1) is 24.5. The minimum Gasteiger partial charge on any atom is -0.463 e. The fourth-order valence-corrected chi connectivity index (χ4v) is 0.657. The molecule has 0 N–H and O–H groups in total. The number of rotatable bonds is 3. The quantitative estimate of drug-likeness (QED) is 0.500. The maximum atomic E-state index is 11.7. The van der Waals surface area contributed by atoms with Gasteiger partial charge in [-0.2, -0.15) is 20.3 Å². The molecule has 15 heavy (non-hydrogen) atoms. The largest absolute Gasteiger partial charge is 2.00 e. The summed E-state index contributed by atoms with van der Waals surface area (Å²) >= 11 is 0. The number of alkyl halides is 3. The van der Waals surface area contributed by atoms with Crippen LogP contribution in [0, 0.1) is 20.0 Å². The second-order valence-corrected chi connectivity index (χ2v) is 3.63.